The Morgan fingerprint density at radius 3 is 3.00 bits per heavy atom. The van der Waals surface area contributed by atoms with E-state index in [9.17, 15) is 0 Å². The van der Waals surface area contributed by atoms with Crippen LogP contribution >= 0.6 is 23.1 Å². The predicted octanol–water partition coefficient (Wildman–Crippen LogP) is 3.11. The number of hydrazine groups is 1. The zero-order valence-corrected chi connectivity index (χ0v) is 12.3. The lowest BCUT2D eigenvalue weighted by molar-refractivity contribution is 0.167. The van der Waals surface area contributed by atoms with Crippen LogP contribution in [0.2, 0.25) is 0 Å². The second kappa shape index (κ2) is 5.54. The molecule has 0 saturated heterocycles. The number of rotatable bonds is 3. The van der Waals surface area contributed by atoms with E-state index in [1.807, 2.05) is 30.0 Å². The fourth-order valence-electron chi connectivity index (χ4n) is 2.25. The average Bonchev–Trinajstić information content (AvgIpc) is 2.86. The first kappa shape index (κ1) is 13.0. The monoisotopic (exact) mass is 292 g/mol. The molecule has 0 fully saturated rings. The molecular formula is C14H16N2OS2. The number of benzene rings is 1. The molecule has 1 aliphatic heterocycles. The van der Waals surface area contributed by atoms with E-state index in [2.05, 4.69) is 29.9 Å². The third kappa shape index (κ3) is 2.65. The number of nitrogens with one attached hydrogen (secondary N) is 1. The molecule has 100 valence electrons. The Morgan fingerprint density at radius 1 is 1.42 bits per heavy atom. The summed E-state index contributed by atoms with van der Waals surface area (Å²) in [5.74, 6) is 7.59. The zero-order chi connectivity index (χ0) is 13.2. The fourth-order valence-corrected chi connectivity index (χ4v) is 4.02. The lowest BCUT2D eigenvalue weighted by Crippen LogP contribution is -2.41. The fraction of sp³-hybridized carbons (Fsp3) is 0.286. The van der Waals surface area contributed by atoms with Gasteiger partial charge >= 0.3 is 0 Å². The van der Waals surface area contributed by atoms with Crippen LogP contribution in [-0.4, -0.2) is 11.9 Å². The van der Waals surface area contributed by atoms with Crippen molar-refractivity contribution in [3.05, 3.63) is 46.2 Å². The maximum Gasteiger partial charge on any atom is 0.133 e. The van der Waals surface area contributed by atoms with Crippen molar-refractivity contribution in [2.75, 3.05) is 5.75 Å². The Labute approximate surface area is 121 Å². The number of aryl methyl sites for hydroxylation is 1. The first-order valence-corrected chi connectivity index (χ1v) is 8.04. The largest absolute Gasteiger partial charge is 0.486 e. The Balaban J connectivity index is 1.83. The molecule has 0 aliphatic carbocycles. The Kier molecular flexibility index (Phi) is 3.79. The van der Waals surface area contributed by atoms with Gasteiger partial charge in [-0.1, -0.05) is 12.1 Å². The molecule has 0 spiro atoms. The van der Waals surface area contributed by atoms with Crippen LogP contribution in [0.4, 0.5) is 0 Å². The van der Waals surface area contributed by atoms with Crippen LogP contribution in [0, 0.1) is 6.92 Å². The first-order chi connectivity index (χ1) is 9.28. The van der Waals surface area contributed by atoms with Crippen molar-refractivity contribution in [3.63, 3.8) is 0 Å². The van der Waals surface area contributed by atoms with Crippen LogP contribution in [0.1, 0.15) is 16.5 Å². The summed E-state index contributed by atoms with van der Waals surface area (Å²) in [5.41, 5.74) is 4.10. The van der Waals surface area contributed by atoms with Crippen molar-refractivity contribution in [3.8, 4) is 5.75 Å². The zero-order valence-electron chi connectivity index (χ0n) is 10.6. The van der Waals surface area contributed by atoms with Gasteiger partial charge < -0.3 is 4.74 Å². The van der Waals surface area contributed by atoms with E-state index in [0.717, 1.165) is 11.5 Å². The number of ether oxygens (including phenoxy) is 1. The Hall–Kier alpha value is -1.01. The minimum atomic E-state index is 0.0332. The van der Waals surface area contributed by atoms with Crippen LogP contribution in [-0.2, 0) is 0 Å². The van der Waals surface area contributed by atoms with Crippen LogP contribution < -0.4 is 16.0 Å². The summed E-state index contributed by atoms with van der Waals surface area (Å²) in [5, 5.41) is 2.15. The van der Waals surface area contributed by atoms with Crippen LogP contribution in [0.3, 0.4) is 0 Å². The van der Waals surface area contributed by atoms with E-state index >= 15 is 0 Å². The normalized spacial score (nSPS) is 19.6. The van der Waals surface area contributed by atoms with Crippen molar-refractivity contribution >= 4 is 23.1 Å². The Morgan fingerprint density at radius 2 is 2.26 bits per heavy atom. The summed E-state index contributed by atoms with van der Waals surface area (Å²) < 4.78 is 6.09. The van der Waals surface area contributed by atoms with E-state index in [-0.39, 0.29) is 12.1 Å². The molecule has 0 bridgehead atoms. The number of hydrogen-bond donors (Lipinski definition) is 2. The highest BCUT2D eigenvalue weighted by Gasteiger charge is 2.29. The number of nitrogens with two attached hydrogens (primary N) is 1. The van der Waals surface area contributed by atoms with Gasteiger partial charge in [0.1, 0.15) is 11.9 Å². The minimum absolute atomic E-state index is 0.0332. The molecule has 0 amide bonds. The van der Waals surface area contributed by atoms with Crippen molar-refractivity contribution in [1.82, 2.24) is 5.43 Å². The first-order valence-electron chi connectivity index (χ1n) is 6.17. The second-order valence-corrected chi connectivity index (χ2v) is 6.73. The highest BCUT2D eigenvalue weighted by molar-refractivity contribution is 7.99. The summed E-state index contributed by atoms with van der Waals surface area (Å²) in [6.07, 6.45) is 0.0545. The van der Waals surface area contributed by atoms with Crippen LogP contribution in [0.25, 0.3) is 0 Å². The maximum absolute atomic E-state index is 6.09. The molecule has 1 aromatic heterocycles. The van der Waals surface area contributed by atoms with E-state index in [1.54, 1.807) is 11.3 Å². The molecule has 0 radical (unpaired) electrons. The molecule has 3 N–H and O–H groups in total. The number of thioether (sulfide) groups is 1. The van der Waals surface area contributed by atoms with Gasteiger partial charge in [0.25, 0.3) is 0 Å². The van der Waals surface area contributed by atoms with Crippen molar-refractivity contribution in [1.29, 1.82) is 0 Å². The molecule has 3 nitrogen and oxygen atoms in total. The van der Waals surface area contributed by atoms with Crippen LogP contribution in [0.5, 0.6) is 5.75 Å². The lowest BCUT2D eigenvalue weighted by atomic mass is 10.1. The standard InChI is InChI=1S/C14H16N2OS2/c1-9-6-10(7-18-9)14(16-15)12-8-19-13-5-3-2-4-11(13)17-12/h2-7,12,14,16H,8,15H2,1H3. The molecule has 2 atom stereocenters. The van der Waals surface area contributed by atoms with E-state index < -0.39 is 0 Å². The summed E-state index contributed by atoms with van der Waals surface area (Å²) >= 11 is 3.56. The molecule has 0 saturated carbocycles. The molecule has 5 heteroatoms. The smallest absolute Gasteiger partial charge is 0.133 e. The third-order valence-corrected chi connectivity index (χ3v) is 5.22. The van der Waals surface area contributed by atoms with Gasteiger partial charge in [-0.2, -0.15) is 0 Å². The molecule has 1 aliphatic rings. The van der Waals surface area contributed by atoms with Gasteiger partial charge in [-0.05, 0) is 36.1 Å². The van der Waals surface area contributed by atoms with E-state index in [1.165, 1.54) is 15.3 Å². The molecule has 2 heterocycles. The summed E-state index contributed by atoms with van der Waals surface area (Å²) in [4.78, 5) is 2.50. The van der Waals surface area contributed by atoms with Gasteiger partial charge in [0.05, 0.1) is 6.04 Å². The molecule has 1 aromatic carbocycles. The summed E-state index contributed by atoms with van der Waals surface area (Å²) in [7, 11) is 0. The number of para-hydroxylation sites is 1. The highest BCUT2D eigenvalue weighted by atomic mass is 32.2. The van der Waals surface area contributed by atoms with Gasteiger partial charge in [-0.3, -0.25) is 5.84 Å². The molecule has 19 heavy (non-hydrogen) atoms. The molecule has 2 unspecified atom stereocenters. The minimum Gasteiger partial charge on any atom is -0.486 e. The third-order valence-electron chi connectivity index (χ3n) is 3.19. The summed E-state index contributed by atoms with van der Waals surface area (Å²) in [6, 6.07) is 10.4. The molecule has 3 rings (SSSR count). The number of fused-ring (bicyclic) bond motifs is 1. The van der Waals surface area contributed by atoms with Gasteiger partial charge in [-0.25, -0.2) is 5.43 Å². The van der Waals surface area contributed by atoms with Gasteiger partial charge in [-0.15, -0.1) is 23.1 Å². The number of thiophene rings is 1. The summed E-state index contributed by atoms with van der Waals surface area (Å²) in [6.45, 7) is 2.10. The van der Waals surface area contributed by atoms with Crippen molar-refractivity contribution in [2.24, 2.45) is 5.84 Å². The lowest BCUT2D eigenvalue weighted by Gasteiger charge is -2.31. The predicted molar refractivity (Wildman–Crippen MR) is 80.7 cm³/mol. The molecular weight excluding hydrogens is 276 g/mol. The second-order valence-electron chi connectivity index (χ2n) is 4.55. The van der Waals surface area contributed by atoms with Crippen molar-refractivity contribution in [2.45, 2.75) is 24.0 Å². The van der Waals surface area contributed by atoms with Gasteiger partial charge in [0.2, 0.25) is 0 Å². The quantitative estimate of drug-likeness (QED) is 0.674. The van der Waals surface area contributed by atoms with E-state index in [4.69, 9.17) is 10.6 Å². The van der Waals surface area contributed by atoms with Crippen LogP contribution in [0.15, 0.2) is 40.6 Å². The van der Waals surface area contributed by atoms with Gasteiger partial charge in [0.15, 0.2) is 0 Å². The highest BCUT2D eigenvalue weighted by Crippen LogP contribution is 2.38. The maximum atomic E-state index is 6.09. The Bertz CT molecular complexity index is 570. The average molecular weight is 292 g/mol. The molecule has 2 aromatic rings. The van der Waals surface area contributed by atoms with E-state index in [0.29, 0.717) is 0 Å². The number of hydrogen-bond acceptors (Lipinski definition) is 5. The topological polar surface area (TPSA) is 47.3 Å². The van der Waals surface area contributed by atoms with Crippen molar-refractivity contribution < 1.29 is 4.74 Å². The SMILES string of the molecule is Cc1cc(C(NN)C2CSc3ccccc3O2)cs1. The van der Waals surface area contributed by atoms with Gasteiger partial charge in [0, 0.05) is 15.5 Å².